The fraction of sp³-hybridized carbons (Fsp3) is 0.455. The van der Waals surface area contributed by atoms with Gasteiger partial charge >= 0.3 is 0 Å². The first-order valence-corrected chi connectivity index (χ1v) is 9.52. The standard InChI is InChI=1S/C22H30N4O/c1-8-18-17(9-10-20(23-18)25(5)6)21-14(2)11-19-22(24-21)15(3)12-26(19)16(4)13-27-7/h9-12,16H,8,13H2,1-7H3/t16-/m0/s1. The number of ether oxygens (including phenoxy) is 1. The molecule has 3 rings (SSSR count). The van der Waals surface area contributed by atoms with Crippen LogP contribution in [0.3, 0.4) is 0 Å². The summed E-state index contributed by atoms with van der Waals surface area (Å²) in [6, 6.07) is 6.74. The minimum Gasteiger partial charge on any atom is -0.383 e. The van der Waals surface area contributed by atoms with Crippen LogP contribution in [0.25, 0.3) is 22.3 Å². The van der Waals surface area contributed by atoms with Gasteiger partial charge in [0.05, 0.1) is 35.1 Å². The molecule has 0 unspecified atom stereocenters. The average molecular weight is 367 g/mol. The molecule has 3 aromatic rings. The van der Waals surface area contributed by atoms with Gasteiger partial charge in [-0.25, -0.2) is 9.97 Å². The highest BCUT2D eigenvalue weighted by molar-refractivity contribution is 5.84. The van der Waals surface area contributed by atoms with Gasteiger partial charge in [0.15, 0.2) is 0 Å². The van der Waals surface area contributed by atoms with E-state index in [4.69, 9.17) is 14.7 Å². The average Bonchev–Trinajstić information content (AvgIpc) is 2.96. The predicted octanol–water partition coefficient (Wildman–Crippen LogP) is 4.55. The van der Waals surface area contributed by atoms with Gasteiger partial charge < -0.3 is 14.2 Å². The van der Waals surface area contributed by atoms with Crippen molar-refractivity contribution in [2.75, 3.05) is 32.7 Å². The van der Waals surface area contributed by atoms with E-state index >= 15 is 0 Å². The van der Waals surface area contributed by atoms with Crippen LogP contribution in [0.1, 0.15) is 36.7 Å². The van der Waals surface area contributed by atoms with Crippen LogP contribution in [-0.4, -0.2) is 42.3 Å². The zero-order chi connectivity index (χ0) is 19.7. The zero-order valence-corrected chi connectivity index (χ0v) is 17.5. The molecule has 1 atom stereocenters. The van der Waals surface area contributed by atoms with Crippen LogP contribution in [0.2, 0.25) is 0 Å². The third-order valence-corrected chi connectivity index (χ3v) is 5.07. The van der Waals surface area contributed by atoms with Gasteiger partial charge in [-0.2, -0.15) is 0 Å². The van der Waals surface area contributed by atoms with Crippen LogP contribution in [0, 0.1) is 13.8 Å². The van der Waals surface area contributed by atoms with Crippen molar-refractivity contribution in [1.29, 1.82) is 0 Å². The number of hydrogen-bond donors (Lipinski definition) is 0. The first kappa shape index (κ1) is 19.4. The van der Waals surface area contributed by atoms with Gasteiger partial charge in [-0.3, -0.25) is 0 Å². The number of hydrogen-bond acceptors (Lipinski definition) is 4. The number of rotatable bonds is 6. The number of fused-ring (bicyclic) bond motifs is 1. The topological polar surface area (TPSA) is 43.2 Å². The van der Waals surface area contributed by atoms with Gasteiger partial charge in [0.2, 0.25) is 0 Å². The van der Waals surface area contributed by atoms with Crippen LogP contribution in [0.4, 0.5) is 5.82 Å². The van der Waals surface area contributed by atoms with Crippen LogP contribution in [0.15, 0.2) is 24.4 Å². The summed E-state index contributed by atoms with van der Waals surface area (Å²) >= 11 is 0. The molecule has 3 heterocycles. The van der Waals surface area contributed by atoms with Crippen molar-refractivity contribution in [2.24, 2.45) is 0 Å². The number of nitrogens with zero attached hydrogens (tertiary/aromatic N) is 4. The van der Waals surface area contributed by atoms with E-state index in [0.717, 1.165) is 40.2 Å². The summed E-state index contributed by atoms with van der Waals surface area (Å²) in [4.78, 5) is 11.9. The Hall–Kier alpha value is -2.40. The SMILES string of the molecule is CCc1nc(N(C)C)ccc1-c1nc2c(C)cn([C@@H](C)COC)c2cc1C. The second kappa shape index (κ2) is 7.69. The summed E-state index contributed by atoms with van der Waals surface area (Å²) in [5, 5.41) is 0. The number of anilines is 1. The van der Waals surface area contributed by atoms with Gasteiger partial charge in [0.1, 0.15) is 5.82 Å². The van der Waals surface area contributed by atoms with Gasteiger partial charge in [-0.05, 0) is 56.5 Å². The molecule has 0 aromatic carbocycles. The van der Waals surface area contributed by atoms with Crippen molar-refractivity contribution in [3.63, 3.8) is 0 Å². The maximum atomic E-state index is 5.35. The Morgan fingerprint density at radius 3 is 2.52 bits per heavy atom. The normalized spacial score (nSPS) is 12.6. The highest BCUT2D eigenvalue weighted by Crippen LogP contribution is 2.31. The first-order chi connectivity index (χ1) is 12.9. The number of aryl methyl sites for hydroxylation is 3. The second-order valence-corrected chi connectivity index (χ2v) is 7.46. The molecule has 0 radical (unpaired) electrons. The lowest BCUT2D eigenvalue weighted by Crippen LogP contribution is -2.12. The molecule has 5 heteroatoms. The molecule has 0 aliphatic carbocycles. The molecular weight excluding hydrogens is 336 g/mol. The van der Waals surface area contributed by atoms with Gasteiger partial charge in [-0.15, -0.1) is 0 Å². The lowest BCUT2D eigenvalue weighted by Gasteiger charge is -2.17. The van der Waals surface area contributed by atoms with Crippen molar-refractivity contribution >= 4 is 16.9 Å². The third-order valence-electron chi connectivity index (χ3n) is 5.07. The molecule has 0 bridgehead atoms. The van der Waals surface area contributed by atoms with Crippen LogP contribution < -0.4 is 4.90 Å². The van der Waals surface area contributed by atoms with E-state index in [2.05, 4.69) is 56.7 Å². The van der Waals surface area contributed by atoms with E-state index in [1.165, 1.54) is 11.1 Å². The van der Waals surface area contributed by atoms with Crippen LogP contribution >= 0.6 is 0 Å². The number of pyridine rings is 2. The van der Waals surface area contributed by atoms with Crippen molar-refractivity contribution in [3.8, 4) is 11.3 Å². The Morgan fingerprint density at radius 1 is 1.15 bits per heavy atom. The fourth-order valence-corrected chi connectivity index (χ4v) is 3.61. The lowest BCUT2D eigenvalue weighted by molar-refractivity contribution is 0.164. The van der Waals surface area contributed by atoms with E-state index in [1.807, 2.05) is 19.0 Å². The molecule has 3 aromatic heterocycles. The Morgan fingerprint density at radius 2 is 1.89 bits per heavy atom. The smallest absolute Gasteiger partial charge is 0.128 e. The summed E-state index contributed by atoms with van der Waals surface area (Å²) in [5.74, 6) is 0.977. The van der Waals surface area contributed by atoms with Crippen molar-refractivity contribution < 1.29 is 4.74 Å². The maximum absolute atomic E-state index is 5.35. The van der Waals surface area contributed by atoms with E-state index < -0.39 is 0 Å². The Labute approximate surface area is 162 Å². The summed E-state index contributed by atoms with van der Waals surface area (Å²) in [7, 11) is 5.78. The maximum Gasteiger partial charge on any atom is 0.128 e. The molecule has 5 nitrogen and oxygen atoms in total. The van der Waals surface area contributed by atoms with Crippen molar-refractivity contribution in [1.82, 2.24) is 14.5 Å². The summed E-state index contributed by atoms with van der Waals surface area (Å²) in [5.41, 5.74) is 7.80. The Bertz CT molecular complexity index is 959. The Kier molecular flexibility index (Phi) is 5.51. The number of aromatic nitrogens is 3. The highest BCUT2D eigenvalue weighted by atomic mass is 16.5. The lowest BCUT2D eigenvalue weighted by atomic mass is 10.0. The molecule has 0 saturated heterocycles. The number of methoxy groups -OCH3 is 1. The molecule has 0 fully saturated rings. The minimum absolute atomic E-state index is 0.269. The van der Waals surface area contributed by atoms with E-state index in [9.17, 15) is 0 Å². The second-order valence-electron chi connectivity index (χ2n) is 7.46. The summed E-state index contributed by atoms with van der Waals surface area (Å²) in [6.07, 6.45) is 3.06. The molecule has 0 aliphatic rings. The van der Waals surface area contributed by atoms with Crippen LogP contribution in [-0.2, 0) is 11.2 Å². The molecule has 0 amide bonds. The molecule has 0 saturated carbocycles. The molecule has 0 spiro atoms. The van der Waals surface area contributed by atoms with Crippen molar-refractivity contribution in [2.45, 2.75) is 40.2 Å². The third kappa shape index (κ3) is 3.56. The minimum atomic E-state index is 0.269. The van der Waals surface area contributed by atoms with Gasteiger partial charge in [-0.1, -0.05) is 6.92 Å². The van der Waals surface area contributed by atoms with Crippen LogP contribution in [0.5, 0.6) is 0 Å². The van der Waals surface area contributed by atoms with Crippen molar-refractivity contribution in [3.05, 3.63) is 41.2 Å². The monoisotopic (exact) mass is 366 g/mol. The van der Waals surface area contributed by atoms with E-state index in [-0.39, 0.29) is 6.04 Å². The largest absolute Gasteiger partial charge is 0.383 e. The first-order valence-electron chi connectivity index (χ1n) is 9.52. The van der Waals surface area contributed by atoms with E-state index in [0.29, 0.717) is 6.61 Å². The zero-order valence-electron chi connectivity index (χ0n) is 17.5. The quantitative estimate of drug-likeness (QED) is 0.642. The van der Waals surface area contributed by atoms with Gasteiger partial charge in [0, 0.05) is 33.0 Å². The fourth-order valence-electron chi connectivity index (χ4n) is 3.61. The predicted molar refractivity (Wildman–Crippen MR) is 113 cm³/mol. The van der Waals surface area contributed by atoms with E-state index in [1.54, 1.807) is 7.11 Å². The Balaban J connectivity index is 2.17. The molecule has 27 heavy (non-hydrogen) atoms. The molecule has 144 valence electrons. The highest BCUT2D eigenvalue weighted by Gasteiger charge is 2.17. The van der Waals surface area contributed by atoms with Gasteiger partial charge in [0.25, 0.3) is 0 Å². The summed E-state index contributed by atoms with van der Waals surface area (Å²) < 4.78 is 7.62. The molecular formula is C22H30N4O. The molecule has 0 N–H and O–H groups in total. The summed E-state index contributed by atoms with van der Waals surface area (Å²) in [6.45, 7) is 9.26. The molecule has 0 aliphatic heterocycles.